The van der Waals surface area contributed by atoms with E-state index in [1.807, 2.05) is 42.3 Å². The second kappa shape index (κ2) is 5.37. The van der Waals surface area contributed by atoms with Crippen LogP contribution < -0.4 is 0 Å². The van der Waals surface area contributed by atoms with Crippen LogP contribution in [0.4, 0.5) is 0 Å². The van der Waals surface area contributed by atoms with Crippen molar-refractivity contribution in [1.82, 2.24) is 24.4 Å². The summed E-state index contributed by atoms with van der Waals surface area (Å²) in [5, 5.41) is 9.35. The Morgan fingerprint density at radius 3 is 2.35 bits per heavy atom. The molecule has 114 valence electrons. The van der Waals surface area contributed by atoms with Crippen LogP contribution in [0.3, 0.4) is 0 Å². The first-order valence-electron chi connectivity index (χ1n) is 6.90. The quantitative estimate of drug-likeness (QED) is 0.514. The number of nitrogens with zero attached hydrogens (tertiary/aromatic N) is 5. The highest BCUT2D eigenvalue weighted by Gasteiger charge is 2.10. The number of fused-ring (bicyclic) bond motifs is 1. The van der Waals surface area contributed by atoms with Crippen LogP contribution in [0, 0.1) is 0 Å². The van der Waals surface area contributed by atoms with Gasteiger partial charge in [-0.1, -0.05) is 29.3 Å². The van der Waals surface area contributed by atoms with Gasteiger partial charge < -0.3 is 0 Å². The summed E-state index contributed by atoms with van der Waals surface area (Å²) >= 11 is 12.0. The molecule has 7 heteroatoms. The van der Waals surface area contributed by atoms with Gasteiger partial charge >= 0.3 is 0 Å². The normalized spacial score (nSPS) is 11.3. The zero-order valence-electron chi connectivity index (χ0n) is 12.1. The van der Waals surface area contributed by atoms with Crippen molar-refractivity contribution in [2.24, 2.45) is 7.05 Å². The minimum absolute atomic E-state index is 0.360. The zero-order valence-corrected chi connectivity index (χ0v) is 13.6. The molecule has 5 nitrogen and oxygen atoms in total. The third kappa shape index (κ3) is 2.58. The van der Waals surface area contributed by atoms with Crippen LogP contribution in [0.25, 0.3) is 27.8 Å². The average molecular weight is 344 g/mol. The summed E-state index contributed by atoms with van der Waals surface area (Å²) in [5.74, 6) is 0. The first-order chi connectivity index (χ1) is 11.1. The molecule has 0 aliphatic heterocycles. The summed E-state index contributed by atoms with van der Waals surface area (Å²) in [4.78, 5) is 3.97. The number of hydrogen-bond donors (Lipinski definition) is 0. The topological polar surface area (TPSA) is 48.0 Å². The summed E-state index contributed by atoms with van der Waals surface area (Å²) < 4.78 is 3.61. The van der Waals surface area contributed by atoms with Gasteiger partial charge in [0.05, 0.1) is 17.9 Å². The molecule has 0 atom stereocenters. The molecule has 0 spiro atoms. The third-order valence-electron chi connectivity index (χ3n) is 3.63. The fourth-order valence-electron chi connectivity index (χ4n) is 2.57. The number of rotatable bonds is 2. The molecule has 0 saturated carbocycles. The van der Waals surface area contributed by atoms with E-state index in [0.29, 0.717) is 10.3 Å². The predicted molar refractivity (Wildman–Crippen MR) is 90.6 cm³/mol. The monoisotopic (exact) mass is 343 g/mol. The van der Waals surface area contributed by atoms with Gasteiger partial charge in [0.15, 0.2) is 0 Å². The second-order valence-electron chi connectivity index (χ2n) is 5.21. The lowest BCUT2D eigenvalue weighted by atomic mass is 10.1. The Hall–Kier alpha value is -2.37. The van der Waals surface area contributed by atoms with Gasteiger partial charge in [-0.2, -0.15) is 10.2 Å². The van der Waals surface area contributed by atoms with Crippen molar-refractivity contribution in [2.45, 2.75) is 0 Å². The Labute approximate surface area is 142 Å². The number of halogens is 2. The molecule has 0 radical (unpaired) electrons. The average Bonchev–Trinajstić information content (AvgIpc) is 3.11. The van der Waals surface area contributed by atoms with E-state index in [-0.39, 0.29) is 0 Å². The van der Waals surface area contributed by atoms with Crippen molar-refractivity contribution >= 4 is 28.7 Å². The van der Waals surface area contributed by atoms with Crippen molar-refractivity contribution in [3.8, 4) is 22.3 Å². The fourth-order valence-corrected chi connectivity index (χ4v) is 3.03. The molecule has 23 heavy (non-hydrogen) atoms. The van der Waals surface area contributed by atoms with Crippen LogP contribution in [-0.2, 0) is 7.05 Å². The minimum atomic E-state index is 0.360. The smallest absolute Gasteiger partial charge is 0.131 e. The lowest BCUT2D eigenvalue weighted by Crippen LogP contribution is -1.88. The number of hydrogen-bond acceptors (Lipinski definition) is 3. The molecule has 0 aromatic carbocycles. The highest BCUT2D eigenvalue weighted by molar-refractivity contribution is 6.32. The van der Waals surface area contributed by atoms with Crippen molar-refractivity contribution in [3.63, 3.8) is 0 Å². The molecular weight excluding hydrogens is 333 g/mol. The molecule has 0 saturated heterocycles. The van der Waals surface area contributed by atoms with Crippen LogP contribution in [-0.4, -0.2) is 24.4 Å². The first-order valence-corrected chi connectivity index (χ1v) is 7.65. The van der Waals surface area contributed by atoms with Gasteiger partial charge in [-0.25, -0.2) is 9.50 Å². The van der Waals surface area contributed by atoms with Gasteiger partial charge in [0, 0.05) is 36.1 Å². The fraction of sp³-hybridized carbons (Fsp3) is 0.0625. The number of pyridine rings is 2. The zero-order chi connectivity index (χ0) is 16.0. The molecule has 0 aliphatic rings. The Balaban J connectivity index is 1.84. The van der Waals surface area contributed by atoms with E-state index in [2.05, 4.69) is 15.2 Å². The molecule has 0 N–H and O–H groups in total. The van der Waals surface area contributed by atoms with Crippen LogP contribution in [0.1, 0.15) is 0 Å². The number of aromatic nitrogens is 5. The second-order valence-corrected chi connectivity index (χ2v) is 5.98. The van der Waals surface area contributed by atoms with Crippen LogP contribution in [0.2, 0.25) is 10.3 Å². The van der Waals surface area contributed by atoms with Gasteiger partial charge in [-0.15, -0.1) is 0 Å². The van der Waals surface area contributed by atoms with Crippen LogP contribution in [0.15, 0.2) is 49.1 Å². The third-order valence-corrected chi connectivity index (χ3v) is 4.02. The Morgan fingerprint density at radius 2 is 1.65 bits per heavy atom. The van der Waals surface area contributed by atoms with Crippen molar-refractivity contribution in [1.29, 1.82) is 0 Å². The Morgan fingerprint density at radius 1 is 0.870 bits per heavy atom. The van der Waals surface area contributed by atoms with Crippen LogP contribution >= 0.6 is 23.2 Å². The molecule has 4 aromatic heterocycles. The SMILES string of the molecule is Cn1cc(-c2ccc3c(-c4cc(Cl)nc(Cl)c4)cnn3c2)cn1. The maximum Gasteiger partial charge on any atom is 0.131 e. The Bertz CT molecular complexity index is 998. The summed E-state index contributed by atoms with van der Waals surface area (Å²) in [6.07, 6.45) is 7.56. The minimum Gasteiger partial charge on any atom is -0.275 e. The van der Waals surface area contributed by atoms with E-state index in [0.717, 1.165) is 27.8 Å². The first kappa shape index (κ1) is 14.2. The van der Waals surface area contributed by atoms with Gasteiger partial charge in [0.2, 0.25) is 0 Å². The van der Waals surface area contributed by atoms with E-state index < -0.39 is 0 Å². The maximum atomic E-state index is 5.99. The van der Waals surface area contributed by atoms with E-state index >= 15 is 0 Å². The van der Waals surface area contributed by atoms with E-state index in [4.69, 9.17) is 23.2 Å². The molecule has 4 heterocycles. The highest BCUT2D eigenvalue weighted by Crippen LogP contribution is 2.29. The molecule has 0 aliphatic carbocycles. The Kier molecular flexibility index (Phi) is 3.32. The molecule has 0 unspecified atom stereocenters. The summed E-state index contributed by atoms with van der Waals surface area (Å²) in [5.41, 5.74) is 4.90. The van der Waals surface area contributed by atoms with Gasteiger partial charge in [0.1, 0.15) is 10.3 Å². The molecule has 0 bridgehead atoms. The molecule has 0 amide bonds. The lowest BCUT2D eigenvalue weighted by molar-refractivity contribution is 0.768. The summed E-state index contributed by atoms with van der Waals surface area (Å²) in [6, 6.07) is 7.62. The van der Waals surface area contributed by atoms with E-state index in [1.54, 1.807) is 23.0 Å². The number of aryl methyl sites for hydroxylation is 1. The van der Waals surface area contributed by atoms with Crippen molar-refractivity contribution in [2.75, 3.05) is 0 Å². The van der Waals surface area contributed by atoms with Crippen molar-refractivity contribution in [3.05, 3.63) is 59.4 Å². The van der Waals surface area contributed by atoms with E-state index in [1.165, 1.54) is 0 Å². The van der Waals surface area contributed by atoms with Gasteiger partial charge in [-0.05, 0) is 23.8 Å². The van der Waals surface area contributed by atoms with Crippen molar-refractivity contribution < 1.29 is 0 Å². The van der Waals surface area contributed by atoms with Gasteiger partial charge in [0.25, 0.3) is 0 Å². The molecule has 4 rings (SSSR count). The molecular formula is C16H11Cl2N5. The summed E-state index contributed by atoms with van der Waals surface area (Å²) in [7, 11) is 1.89. The molecule has 0 fully saturated rings. The predicted octanol–water partition coefficient (Wildman–Crippen LogP) is 4.10. The van der Waals surface area contributed by atoms with E-state index in [9.17, 15) is 0 Å². The lowest BCUT2D eigenvalue weighted by Gasteiger charge is -2.03. The highest BCUT2D eigenvalue weighted by atomic mass is 35.5. The van der Waals surface area contributed by atoms with Gasteiger partial charge in [-0.3, -0.25) is 4.68 Å². The standard InChI is InChI=1S/C16H11Cl2N5/c1-22-8-12(6-19-22)10-2-3-14-13(7-20-23(14)9-10)11-4-15(17)21-16(18)5-11/h2-9H,1H3. The van der Waals surface area contributed by atoms with Crippen LogP contribution in [0.5, 0.6) is 0 Å². The maximum absolute atomic E-state index is 5.99. The molecule has 4 aromatic rings. The largest absolute Gasteiger partial charge is 0.275 e. The summed E-state index contributed by atoms with van der Waals surface area (Å²) in [6.45, 7) is 0.